The molecule has 214 valence electrons. The van der Waals surface area contributed by atoms with Crippen LogP contribution in [0.1, 0.15) is 57.6 Å². The molecule has 8 nitrogen and oxygen atoms in total. The van der Waals surface area contributed by atoms with Gasteiger partial charge in [0.25, 0.3) is 0 Å². The number of rotatable bonds is 14. The molecule has 1 aliphatic heterocycles. The second-order valence-corrected chi connectivity index (χ2v) is 12.5. The predicted octanol–water partition coefficient (Wildman–Crippen LogP) is 4.41. The maximum atomic E-state index is 13.4. The van der Waals surface area contributed by atoms with Crippen molar-refractivity contribution in [2.24, 2.45) is 0 Å². The van der Waals surface area contributed by atoms with Crippen molar-refractivity contribution in [3.05, 3.63) is 64.7 Å². The molecule has 2 aromatic carbocycles. The van der Waals surface area contributed by atoms with Crippen LogP contribution in [-0.2, 0) is 37.3 Å². The molecule has 0 saturated carbocycles. The molecule has 0 aliphatic carbocycles. The summed E-state index contributed by atoms with van der Waals surface area (Å²) in [5.74, 6) is -0.386. The molecule has 0 spiro atoms. The quantitative estimate of drug-likeness (QED) is 0.336. The summed E-state index contributed by atoms with van der Waals surface area (Å²) < 4.78 is 32.6. The normalized spacial score (nSPS) is 14.9. The molecule has 10 heteroatoms. The summed E-state index contributed by atoms with van der Waals surface area (Å²) >= 11 is 6.02. The summed E-state index contributed by atoms with van der Waals surface area (Å²) in [6.07, 6.45) is 3.21. The van der Waals surface area contributed by atoms with E-state index < -0.39 is 16.1 Å². The SMILES string of the molecule is CC(C)OCCCNC(=O)[C@@H](C)N(Cc1ccc(Cl)cc1)C(=O)CCc1ccc(S(=O)(=O)N2CCCC2)cc1. The zero-order valence-corrected chi connectivity index (χ0v) is 24.6. The van der Waals surface area contributed by atoms with Gasteiger partial charge in [-0.05, 0) is 81.8 Å². The molecule has 0 aromatic heterocycles. The summed E-state index contributed by atoms with van der Waals surface area (Å²) in [6, 6.07) is 13.3. The van der Waals surface area contributed by atoms with Crippen LogP contribution in [0.25, 0.3) is 0 Å². The molecule has 1 N–H and O–H groups in total. The molecule has 1 saturated heterocycles. The fraction of sp³-hybridized carbons (Fsp3) is 0.517. The van der Waals surface area contributed by atoms with Crippen LogP contribution < -0.4 is 5.32 Å². The Morgan fingerprint density at radius 1 is 1.00 bits per heavy atom. The van der Waals surface area contributed by atoms with Gasteiger partial charge in [-0.2, -0.15) is 4.31 Å². The van der Waals surface area contributed by atoms with Crippen molar-refractivity contribution in [3.63, 3.8) is 0 Å². The second-order valence-electron chi connectivity index (χ2n) is 10.1. The van der Waals surface area contributed by atoms with E-state index in [1.165, 1.54) is 4.31 Å². The Hall–Kier alpha value is -2.46. The summed E-state index contributed by atoms with van der Waals surface area (Å²) in [4.78, 5) is 28.1. The molecule has 2 amide bonds. The van der Waals surface area contributed by atoms with E-state index in [1.807, 2.05) is 26.0 Å². The Labute approximate surface area is 237 Å². The van der Waals surface area contributed by atoms with E-state index in [0.717, 1.165) is 24.0 Å². The van der Waals surface area contributed by atoms with Gasteiger partial charge in [0.15, 0.2) is 0 Å². The van der Waals surface area contributed by atoms with Crippen LogP contribution in [-0.4, -0.2) is 67.8 Å². The molecule has 3 rings (SSSR count). The van der Waals surface area contributed by atoms with Crippen LogP contribution in [0, 0.1) is 0 Å². The predicted molar refractivity (Wildman–Crippen MR) is 153 cm³/mol. The van der Waals surface area contributed by atoms with E-state index in [9.17, 15) is 18.0 Å². The first kappa shape index (κ1) is 31.1. The minimum atomic E-state index is -3.48. The van der Waals surface area contributed by atoms with Gasteiger partial charge in [-0.15, -0.1) is 0 Å². The highest BCUT2D eigenvalue weighted by atomic mass is 35.5. The Morgan fingerprint density at radius 2 is 1.62 bits per heavy atom. The number of sulfonamides is 1. The Bertz CT molecular complexity index is 1180. The van der Waals surface area contributed by atoms with Crippen molar-refractivity contribution >= 4 is 33.4 Å². The molecule has 1 aliphatic rings. The lowest BCUT2D eigenvalue weighted by molar-refractivity contribution is -0.140. The molecule has 1 atom stereocenters. The van der Waals surface area contributed by atoms with Crippen LogP contribution in [0.2, 0.25) is 5.02 Å². The fourth-order valence-electron chi connectivity index (χ4n) is 4.42. The van der Waals surface area contributed by atoms with Crippen molar-refractivity contribution < 1.29 is 22.7 Å². The topological polar surface area (TPSA) is 96.0 Å². The molecule has 0 radical (unpaired) electrons. The lowest BCUT2D eigenvalue weighted by atomic mass is 10.1. The summed E-state index contributed by atoms with van der Waals surface area (Å²) in [7, 11) is -3.48. The van der Waals surface area contributed by atoms with E-state index in [4.69, 9.17) is 16.3 Å². The third kappa shape index (κ3) is 9.31. The summed E-state index contributed by atoms with van der Waals surface area (Å²) in [5.41, 5.74) is 1.73. The molecule has 0 unspecified atom stereocenters. The van der Waals surface area contributed by atoms with Crippen molar-refractivity contribution in [3.8, 4) is 0 Å². The van der Waals surface area contributed by atoms with Gasteiger partial charge in [0.1, 0.15) is 6.04 Å². The molecule has 0 bridgehead atoms. The second kappa shape index (κ2) is 14.8. The van der Waals surface area contributed by atoms with E-state index in [0.29, 0.717) is 44.1 Å². The lowest BCUT2D eigenvalue weighted by Gasteiger charge is -2.29. The highest BCUT2D eigenvalue weighted by molar-refractivity contribution is 7.89. The number of halogens is 1. The van der Waals surface area contributed by atoms with Crippen molar-refractivity contribution in [2.75, 3.05) is 26.2 Å². The number of aryl methyl sites for hydroxylation is 1. The number of benzene rings is 2. The average Bonchev–Trinajstić information content (AvgIpc) is 3.47. The minimum absolute atomic E-state index is 0.137. The average molecular weight is 578 g/mol. The lowest BCUT2D eigenvalue weighted by Crippen LogP contribution is -2.48. The molecular weight excluding hydrogens is 538 g/mol. The van der Waals surface area contributed by atoms with Crippen LogP contribution in [0.3, 0.4) is 0 Å². The van der Waals surface area contributed by atoms with Crippen molar-refractivity contribution in [2.45, 2.75) is 76.5 Å². The first-order valence-corrected chi connectivity index (χ1v) is 15.4. The van der Waals surface area contributed by atoms with E-state index >= 15 is 0 Å². The third-order valence-corrected chi connectivity index (χ3v) is 8.92. The number of nitrogens with one attached hydrogen (secondary N) is 1. The highest BCUT2D eigenvalue weighted by Gasteiger charge is 2.28. The van der Waals surface area contributed by atoms with Gasteiger partial charge in [-0.3, -0.25) is 9.59 Å². The van der Waals surface area contributed by atoms with Crippen LogP contribution >= 0.6 is 11.6 Å². The minimum Gasteiger partial charge on any atom is -0.379 e. The van der Waals surface area contributed by atoms with Gasteiger partial charge in [-0.1, -0.05) is 35.9 Å². The van der Waals surface area contributed by atoms with E-state index in [2.05, 4.69) is 5.32 Å². The van der Waals surface area contributed by atoms with Crippen LogP contribution in [0.4, 0.5) is 0 Å². The van der Waals surface area contributed by atoms with Gasteiger partial charge in [0.05, 0.1) is 11.0 Å². The maximum absolute atomic E-state index is 13.4. The van der Waals surface area contributed by atoms with Gasteiger partial charge in [0.2, 0.25) is 21.8 Å². The van der Waals surface area contributed by atoms with Crippen molar-refractivity contribution in [1.29, 1.82) is 0 Å². The monoisotopic (exact) mass is 577 g/mol. The number of carbonyl (C=O) groups excluding carboxylic acids is 2. The van der Waals surface area contributed by atoms with E-state index in [-0.39, 0.29) is 35.8 Å². The van der Waals surface area contributed by atoms with Crippen molar-refractivity contribution in [1.82, 2.24) is 14.5 Å². The third-order valence-electron chi connectivity index (χ3n) is 6.76. The van der Waals surface area contributed by atoms with Crippen LogP contribution in [0.15, 0.2) is 53.4 Å². The Kier molecular flexibility index (Phi) is 11.8. The molecule has 1 fully saturated rings. The van der Waals surface area contributed by atoms with Gasteiger partial charge < -0.3 is 15.0 Å². The van der Waals surface area contributed by atoms with Gasteiger partial charge >= 0.3 is 0 Å². The maximum Gasteiger partial charge on any atom is 0.243 e. The number of nitrogens with zero attached hydrogens (tertiary/aromatic N) is 2. The fourth-order valence-corrected chi connectivity index (χ4v) is 6.06. The smallest absolute Gasteiger partial charge is 0.243 e. The Balaban J connectivity index is 1.63. The molecule has 1 heterocycles. The zero-order valence-electron chi connectivity index (χ0n) is 23.1. The highest BCUT2D eigenvalue weighted by Crippen LogP contribution is 2.22. The molecule has 2 aromatic rings. The standard InChI is InChI=1S/C29H40ClN3O5S/c1-22(2)38-20-6-17-31-29(35)23(3)33(21-25-7-12-26(30)13-8-25)28(34)16-11-24-9-14-27(15-10-24)39(36,37)32-18-4-5-19-32/h7-10,12-15,22-23H,4-6,11,16-21H2,1-3H3,(H,31,35)/t23-/m1/s1. The van der Waals surface area contributed by atoms with Gasteiger partial charge in [-0.25, -0.2) is 8.42 Å². The number of hydrogen-bond acceptors (Lipinski definition) is 5. The summed E-state index contributed by atoms with van der Waals surface area (Å²) in [6.45, 7) is 8.06. The number of hydrogen-bond donors (Lipinski definition) is 1. The summed E-state index contributed by atoms with van der Waals surface area (Å²) in [5, 5.41) is 3.51. The first-order valence-electron chi connectivity index (χ1n) is 13.6. The van der Waals surface area contributed by atoms with Crippen LogP contribution in [0.5, 0.6) is 0 Å². The number of ether oxygens (including phenoxy) is 1. The molecule has 39 heavy (non-hydrogen) atoms. The number of amides is 2. The Morgan fingerprint density at radius 3 is 2.23 bits per heavy atom. The van der Waals surface area contributed by atoms with Gasteiger partial charge in [0, 0.05) is 44.2 Å². The van der Waals surface area contributed by atoms with E-state index in [1.54, 1.807) is 48.2 Å². The number of carbonyl (C=O) groups is 2. The zero-order chi connectivity index (χ0) is 28.4. The largest absolute Gasteiger partial charge is 0.379 e. The molecular formula is C29H40ClN3O5S. The first-order chi connectivity index (χ1) is 18.6.